The molecule has 0 fully saturated rings. The summed E-state index contributed by atoms with van der Waals surface area (Å²) < 4.78 is 0. The van der Waals surface area contributed by atoms with E-state index in [9.17, 15) is 9.59 Å². The quantitative estimate of drug-likeness (QED) is 0.362. The highest BCUT2D eigenvalue weighted by atomic mass is 16.4. The van der Waals surface area contributed by atoms with Gasteiger partial charge in [0.1, 0.15) is 6.54 Å². The molecule has 6 N–H and O–H groups in total. The van der Waals surface area contributed by atoms with Crippen molar-refractivity contribution in [1.82, 2.24) is 5.32 Å². The number of carbonyl (C=O) groups is 2. The fourth-order valence-electron chi connectivity index (χ4n) is 0.401. The highest BCUT2D eigenvalue weighted by Crippen LogP contribution is 1.73. The molecule has 1 amide bonds. The first-order valence-corrected chi connectivity index (χ1v) is 3.03. The first kappa shape index (κ1) is 9.86. The predicted octanol–water partition coefficient (Wildman–Crippen LogP) is -2.53. The molecule has 0 saturated heterocycles. The minimum Gasteiger partial charge on any atom is -0.480 e. The van der Waals surface area contributed by atoms with Gasteiger partial charge in [-0.05, 0) is 0 Å². The summed E-state index contributed by atoms with van der Waals surface area (Å²) in [5.41, 5.74) is 10.2. The smallest absolute Gasteiger partial charge is 0.322 e. The molecule has 6 heteroatoms. The molecule has 0 aromatic heterocycles. The molecule has 0 aliphatic rings. The van der Waals surface area contributed by atoms with E-state index >= 15 is 0 Å². The van der Waals surface area contributed by atoms with Crippen LogP contribution in [0.4, 0.5) is 0 Å². The number of hydrogen-bond acceptors (Lipinski definition) is 4. The first-order valence-electron chi connectivity index (χ1n) is 3.03. The lowest BCUT2D eigenvalue weighted by Gasteiger charge is -2.06. The zero-order chi connectivity index (χ0) is 8.85. The number of aliphatic carboxylic acids is 1. The van der Waals surface area contributed by atoms with E-state index in [1.165, 1.54) is 0 Å². The van der Waals surface area contributed by atoms with Crippen LogP contribution in [0.5, 0.6) is 0 Å². The van der Waals surface area contributed by atoms with Crippen LogP contribution in [-0.4, -0.2) is 36.1 Å². The Morgan fingerprint density at radius 2 is 2.09 bits per heavy atom. The molecule has 0 radical (unpaired) electrons. The van der Waals surface area contributed by atoms with Crippen molar-refractivity contribution >= 4 is 11.9 Å². The minimum absolute atomic E-state index is 0.00541. The van der Waals surface area contributed by atoms with E-state index in [0.29, 0.717) is 0 Å². The summed E-state index contributed by atoms with van der Waals surface area (Å²) in [4.78, 5) is 20.6. The fraction of sp³-hybridized carbons (Fsp3) is 0.600. The van der Waals surface area contributed by atoms with Gasteiger partial charge in [-0.3, -0.25) is 9.59 Å². The molecule has 0 spiro atoms. The normalized spacial score (nSPS) is 12.2. The lowest BCUT2D eigenvalue weighted by Crippen LogP contribution is -2.46. The zero-order valence-corrected chi connectivity index (χ0v) is 5.91. The van der Waals surface area contributed by atoms with Gasteiger partial charge in [0.2, 0.25) is 5.91 Å². The monoisotopic (exact) mass is 161 g/mol. The van der Waals surface area contributed by atoms with E-state index in [-0.39, 0.29) is 6.54 Å². The van der Waals surface area contributed by atoms with Gasteiger partial charge in [0.05, 0.1) is 6.04 Å². The van der Waals surface area contributed by atoms with Gasteiger partial charge in [0, 0.05) is 6.54 Å². The summed E-state index contributed by atoms with van der Waals surface area (Å²) in [6.07, 6.45) is 0. The summed E-state index contributed by atoms with van der Waals surface area (Å²) in [5, 5.41) is 10.2. The van der Waals surface area contributed by atoms with Gasteiger partial charge in [0.25, 0.3) is 0 Å². The van der Waals surface area contributed by atoms with Gasteiger partial charge < -0.3 is 21.9 Å². The average Bonchev–Trinajstić information content (AvgIpc) is 1.98. The van der Waals surface area contributed by atoms with Gasteiger partial charge in [-0.1, -0.05) is 0 Å². The third-order valence-electron chi connectivity index (χ3n) is 1.00. The van der Waals surface area contributed by atoms with Gasteiger partial charge in [-0.15, -0.1) is 0 Å². The lowest BCUT2D eigenvalue weighted by molar-refractivity contribution is -0.138. The SMILES string of the molecule is NC[C@H](N)C(=O)NCC(=O)O. The molecule has 0 unspecified atom stereocenters. The van der Waals surface area contributed by atoms with Gasteiger partial charge in [0.15, 0.2) is 0 Å². The molecular weight excluding hydrogens is 150 g/mol. The molecule has 0 aromatic rings. The molecule has 0 aliphatic carbocycles. The van der Waals surface area contributed by atoms with Crippen LogP contribution in [0, 0.1) is 0 Å². The summed E-state index contributed by atoms with van der Waals surface area (Å²) in [7, 11) is 0. The second-order valence-electron chi connectivity index (χ2n) is 1.95. The van der Waals surface area contributed by atoms with Gasteiger partial charge in [-0.2, -0.15) is 0 Å². The van der Waals surface area contributed by atoms with E-state index in [2.05, 4.69) is 5.32 Å². The van der Waals surface area contributed by atoms with Crippen LogP contribution in [0.15, 0.2) is 0 Å². The molecule has 1 atom stereocenters. The molecule has 0 aromatic carbocycles. The summed E-state index contributed by atoms with van der Waals surface area (Å²) in [5.74, 6) is -1.66. The van der Waals surface area contributed by atoms with Crippen LogP contribution in [0.25, 0.3) is 0 Å². The average molecular weight is 161 g/mol. The third-order valence-corrected chi connectivity index (χ3v) is 1.00. The highest BCUT2D eigenvalue weighted by molar-refractivity contribution is 5.85. The zero-order valence-electron chi connectivity index (χ0n) is 5.91. The van der Waals surface area contributed by atoms with E-state index in [1.54, 1.807) is 0 Å². The second-order valence-corrected chi connectivity index (χ2v) is 1.95. The number of rotatable bonds is 4. The maximum atomic E-state index is 10.7. The number of amides is 1. The lowest BCUT2D eigenvalue weighted by atomic mass is 10.3. The van der Waals surface area contributed by atoms with Crippen molar-refractivity contribution in [2.24, 2.45) is 11.5 Å². The molecule has 6 nitrogen and oxygen atoms in total. The van der Waals surface area contributed by atoms with E-state index in [4.69, 9.17) is 16.6 Å². The number of carbonyl (C=O) groups excluding carboxylic acids is 1. The molecule has 0 bridgehead atoms. The summed E-state index contributed by atoms with van der Waals surface area (Å²) >= 11 is 0. The van der Waals surface area contributed by atoms with Crippen LogP contribution in [0.1, 0.15) is 0 Å². The maximum Gasteiger partial charge on any atom is 0.322 e. The summed E-state index contributed by atoms with van der Waals surface area (Å²) in [6, 6.07) is -0.825. The van der Waals surface area contributed by atoms with Crippen molar-refractivity contribution in [3.05, 3.63) is 0 Å². The number of nitrogens with two attached hydrogens (primary N) is 2. The van der Waals surface area contributed by atoms with Crippen molar-refractivity contribution < 1.29 is 14.7 Å². The Hall–Kier alpha value is -1.14. The third kappa shape index (κ3) is 4.29. The topological polar surface area (TPSA) is 118 Å². The van der Waals surface area contributed by atoms with Crippen molar-refractivity contribution in [1.29, 1.82) is 0 Å². The predicted molar refractivity (Wildman–Crippen MR) is 37.7 cm³/mol. The largest absolute Gasteiger partial charge is 0.480 e. The molecule has 0 aliphatic heterocycles. The highest BCUT2D eigenvalue weighted by Gasteiger charge is 2.10. The number of hydrogen-bond donors (Lipinski definition) is 4. The van der Waals surface area contributed by atoms with Crippen molar-refractivity contribution in [3.8, 4) is 0 Å². The Kier molecular flexibility index (Phi) is 4.16. The molecule has 0 heterocycles. The Balaban J connectivity index is 3.60. The fourth-order valence-corrected chi connectivity index (χ4v) is 0.401. The molecule has 64 valence electrons. The van der Waals surface area contributed by atoms with Crippen LogP contribution >= 0.6 is 0 Å². The summed E-state index contributed by atoms with van der Waals surface area (Å²) in [6.45, 7) is -0.419. The maximum absolute atomic E-state index is 10.7. The standard InChI is InChI=1S/C5H11N3O3/c6-1-3(7)5(11)8-2-4(9)10/h3H,1-2,6-7H2,(H,8,11)(H,9,10)/t3-/m0/s1. The Morgan fingerprint density at radius 3 is 2.45 bits per heavy atom. The molecular formula is C5H11N3O3. The van der Waals surface area contributed by atoms with Crippen LogP contribution in [-0.2, 0) is 9.59 Å². The Labute approximate surface area is 63.5 Å². The van der Waals surface area contributed by atoms with Crippen LogP contribution < -0.4 is 16.8 Å². The van der Waals surface area contributed by atoms with Crippen LogP contribution in [0.3, 0.4) is 0 Å². The van der Waals surface area contributed by atoms with E-state index in [0.717, 1.165) is 0 Å². The minimum atomic E-state index is -1.11. The molecule has 11 heavy (non-hydrogen) atoms. The Bertz CT molecular complexity index is 159. The molecule has 0 rings (SSSR count). The van der Waals surface area contributed by atoms with Gasteiger partial charge >= 0.3 is 5.97 Å². The van der Waals surface area contributed by atoms with E-state index < -0.39 is 24.5 Å². The van der Waals surface area contributed by atoms with Crippen LogP contribution in [0.2, 0.25) is 0 Å². The van der Waals surface area contributed by atoms with Crippen molar-refractivity contribution in [2.45, 2.75) is 6.04 Å². The molecule has 0 saturated carbocycles. The Morgan fingerprint density at radius 1 is 1.55 bits per heavy atom. The second kappa shape index (κ2) is 4.64. The van der Waals surface area contributed by atoms with Crippen molar-refractivity contribution in [3.63, 3.8) is 0 Å². The van der Waals surface area contributed by atoms with Gasteiger partial charge in [-0.25, -0.2) is 0 Å². The number of carboxylic acids is 1. The number of carboxylic acid groups (broad SMARTS) is 1. The first-order chi connectivity index (χ1) is 5.07. The van der Waals surface area contributed by atoms with E-state index in [1.807, 2.05) is 0 Å². The van der Waals surface area contributed by atoms with Crippen molar-refractivity contribution in [2.75, 3.05) is 13.1 Å². The number of nitrogens with one attached hydrogen (secondary N) is 1.